The van der Waals surface area contributed by atoms with Crippen molar-refractivity contribution in [1.82, 2.24) is 9.78 Å². The highest BCUT2D eigenvalue weighted by Gasteiger charge is 2.21. The van der Waals surface area contributed by atoms with Gasteiger partial charge in [-0.25, -0.2) is 9.07 Å². The maximum Gasteiger partial charge on any atom is 0.290 e. The molecule has 0 saturated heterocycles. The average Bonchev–Trinajstić information content (AvgIpc) is 3.05. The topological polar surface area (TPSA) is 90.0 Å². The van der Waals surface area contributed by atoms with Crippen LogP contribution in [0.4, 0.5) is 15.8 Å². The maximum atomic E-state index is 13.7. The van der Waals surface area contributed by atoms with Gasteiger partial charge in [0.25, 0.3) is 5.56 Å². The lowest BCUT2D eigenvalue weighted by molar-refractivity contribution is -0.119. The molecule has 3 aromatic rings. The minimum atomic E-state index is -0.967. The fourth-order valence-corrected chi connectivity index (χ4v) is 3.22. The summed E-state index contributed by atoms with van der Waals surface area (Å²) < 4.78 is 14.8. The zero-order valence-corrected chi connectivity index (χ0v) is 15.0. The van der Waals surface area contributed by atoms with Crippen molar-refractivity contribution in [2.24, 2.45) is 0 Å². The number of halogens is 1. The van der Waals surface area contributed by atoms with Crippen LogP contribution in [0.15, 0.2) is 47.3 Å². The molecule has 0 aliphatic carbocycles. The zero-order chi connectivity index (χ0) is 18.8. The highest BCUT2D eigenvalue weighted by molar-refractivity contribution is 7.15. The number of thiophene rings is 1. The summed E-state index contributed by atoms with van der Waals surface area (Å²) >= 11 is 1.51. The Bertz CT molecular complexity index is 1030. The van der Waals surface area contributed by atoms with Gasteiger partial charge >= 0.3 is 0 Å². The average molecular weight is 372 g/mol. The molecule has 0 aliphatic rings. The molecule has 0 unspecified atom stereocenters. The third-order valence-electron chi connectivity index (χ3n) is 3.83. The predicted octanol–water partition coefficient (Wildman–Crippen LogP) is 3.20. The van der Waals surface area contributed by atoms with Crippen LogP contribution in [0.25, 0.3) is 10.6 Å². The molecule has 0 bridgehead atoms. The molecule has 1 aromatic carbocycles. The quantitative estimate of drug-likeness (QED) is 0.736. The molecular weight excluding hydrogens is 355 g/mol. The first kappa shape index (κ1) is 17.8. The van der Waals surface area contributed by atoms with Crippen molar-refractivity contribution in [2.75, 3.05) is 11.1 Å². The molecule has 1 amide bonds. The van der Waals surface area contributed by atoms with Gasteiger partial charge in [-0.2, -0.15) is 5.10 Å². The van der Waals surface area contributed by atoms with Gasteiger partial charge in [0, 0.05) is 4.88 Å². The number of aromatic nitrogens is 2. The smallest absolute Gasteiger partial charge is 0.290 e. The minimum Gasteiger partial charge on any atom is -0.394 e. The van der Waals surface area contributed by atoms with Gasteiger partial charge in [0.1, 0.15) is 23.2 Å². The molecule has 3 rings (SSSR count). The third-order valence-corrected chi connectivity index (χ3v) is 4.86. The van der Waals surface area contributed by atoms with Gasteiger partial charge in [-0.15, -0.1) is 11.3 Å². The van der Waals surface area contributed by atoms with Gasteiger partial charge in [0.05, 0.1) is 10.6 Å². The lowest BCUT2D eigenvalue weighted by atomic mass is 10.2. The Labute approximate surface area is 153 Å². The monoisotopic (exact) mass is 372 g/mol. The normalized spacial score (nSPS) is 12.0. The molecule has 134 valence electrons. The largest absolute Gasteiger partial charge is 0.394 e. The van der Waals surface area contributed by atoms with Crippen LogP contribution < -0.4 is 16.6 Å². The van der Waals surface area contributed by atoms with Crippen molar-refractivity contribution < 1.29 is 9.18 Å². The summed E-state index contributed by atoms with van der Waals surface area (Å²) in [6, 6.07) is 10.1. The Kier molecular flexibility index (Phi) is 4.85. The number of aryl methyl sites for hydroxylation is 1. The van der Waals surface area contributed by atoms with Crippen LogP contribution in [0.1, 0.15) is 17.8 Å². The van der Waals surface area contributed by atoms with E-state index in [-0.39, 0.29) is 11.4 Å². The summed E-state index contributed by atoms with van der Waals surface area (Å²) in [5.74, 6) is -1.13. The van der Waals surface area contributed by atoms with Gasteiger partial charge in [-0.05, 0) is 44.2 Å². The molecular formula is C18H17FN4O2S. The summed E-state index contributed by atoms with van der Waals surface area (Å²) in [5, 5.41) is 6.75. The van der Waals surface area contributed by atoms with Crippen LogP contribution in [-0.2, 0) is 4.79 Å². The maximum absolute atomic E-state index is 13.7. The first-order valence-electron chi connectivity index (χ1n) is 7.88. The second-order valence-corrected chi connectivity index (χ2v) is 7.08. The lowest BCUT2D eigenvalue weighted by Gasteiger charge is -2.16. The fraction of sp³-hybridized carbons (Fsp3) is 0.167. The molecule has 6 nitrogen and oxygen atoms in total. The summed E-state index contributed by atoms with van der Waals surface area (Å²) in [4.78, 5) is 26.7. The van der Waals surface area contributed by atoms with Crippen LogP contribution in [0.2, 0.25) is 0 Å². The van der Waals surface area contributed by atoms with E-state index in [0.717, 1.165) is 14.4 Å². The molecule has 0 aliphatic heterocycles. The van der Waals surface area contributed by atoms with E-state index in [0.29, 0.717) is 5.69 Å². The minimum absolute atomic E-state index is 0.00778. The van der Waals surface area contributed by atoms with Crippen LogP contribution in [0, 0.1) is 12.7 Å². The van der Waals surface area contributed by atoms with Gasteiger partial charge in [0.2, 0.25) is 5.91 Å². The number of carbonyl (C=O) groups is 1. The molecule has 1 atom stereocenters. The summed E-state index contributed by atoms with van der Waals surface area (Å²) in [6.07, 6.45) is 0. The second kappa shape index (κ2) is 7.09. The molecule has 2 heterocycles. The van der Waals surface area contributed by atoms with Crippen LogP contribution in [0.3, 0.4) is 0 Å². The number of carbonyl (C=O) groups excluding carboxylic acids is 1. The van der Waals surface area contributed by atoms with Crippen molar-refractivity contribution in [1.29, 1.82) is 0 Å². The molecule has 26 heavy (non-hydrogen) atoms. The number of hydrogen-bond acceptors (Lipinski definition) is 5. The Morgan fingerprint density at radius 1 is 1.31 bits per heavy atom. The first-order valence-corrected chi connectivity index (χ1v) is 8.70. The molecule has 0 saturated carbocycles. The molecule has 8 heteroatoms. The number of rotatable bonds is 4. The number of hydrogen-bond donors (Lipinski definition) is 2. The van der Waals surface area contributed by atoms with Crippen molar-refractivity contribution in [3.63, 3.8) is 0 Å². The number of para-hydroxylation sites is 1. The molecule has 2 aromatic heterocycles. The predicted molar refractivity (Wildman–Crippen MR) is 101 cm³/mol. The zero-order valence-electron chi connectivity index (χ0n) is 14.2. The van der Waals surface area contributed by atoms with Gasteiger partial charge in [-0.3, -0.25) is 9.59 Å². The Morgan fingerprint density at radius 2 is 2.04 bits per heavy atom. The highest BCUT2D eigenvalue weighted by Crippen LogP contribution is 2.26. The number of amides is 1. The number of nitrogen functional groups attached to an aromatic ring is 1. The van der Waals surface area contributed by atoms with Gasteiger partial charge in [-0.1, -0.05) is 12.1 Å². The number of anilines is 2. The van der Waals surface area contributed by atoms with E-state index in [9.17, 15) is 14.0 Å². The number of benzene rings is 1. The van der Waals surface area contributed by atoms with E-state index in [4.69, 9.17) is 5.73 Å². The van der Waals surface area contributed by atoms with Crippen molar-refractivity contribution in [2.45, 2.75) is 19.9 Å². The molecule has 3 N–H and O–H groups in total. The highest BCUT2D eigenvalue weighted by atomic mass is 32.1. The van der Waals surface area contributed by atoms with Crippen molar-refractivity contribution in [3.8, 4) is 10.6 Å². The molecule has 0 spiro atoms. The molecule has 0 radical (unpaired) electrons. The lowest BCUT2D eigenvalue weighted by Crippen LogP contribution is -2.34. The van der Waals surface area contributed by atoms with Crippen molar-refractivity contribution in [3.05, 3.63) is 63.5 Å². The van der Waals surface area contributed by atoms with Gasteiger partial charge in [0.15, 0.2) is 0 Å². The van der Waals surface area contributed by atoms with Crippen LogP contribution in [0.5, 0.6) is 0 Å². The summed E-state index contributed by atoms with van der Waals surface area (Å²) in [6.45, 7) is 3.46. The standard InChI is InChI=1S/C18H17FN4O2S/c1-10-7-8-16(26-10)15-9-13(20)18(25)23(22-15)11(2)17(24)21-14-6-4-3-5-12(14)19/h3-9,11H,20H2,1-2H3,(H,21,24)/t11-/m0/s1. The van der Waals surface area contributed by atoms with E-state index < -0.39 is 23.3 Å². The first-order chi connectivity index (χ1) is 12.4. The fourth-order valence-electron chi connectivity index (χ4n) is 2.40. The number of nitrogens with zero attached hydrogens (tertiary/aromatic N) is 2. The Balaban J connectivity index is 1.94. The van der Waals surface area contributed by atoms with E-state index in [1.807, 2.05) is 19.1 Å². The second-order valence-electron chi connectivity index (χ2n) is 5.79. The Morgan fingerprint density at radius 3 is 2.69 bits per heavy atom. The van der Waals surface area contributed by atoms with Gasteiger partial charge < -0.3 is 11.1 Å². The third kappa shape index (κ3) is 3.50. The summed E-state index contributed by atoms with van der Waals surface area (Å²) in [5.41, 5.74) is 5.78. The van der Waals surface area contributed by atoms with E-state index in [1.165, 1.54) is 42.5 Å². The SMILES string of the molecule is Cc1ccc(-c2cc(N)c(=O)n([C@@H](C)C(=O)Nc3ccccc3F)n2)s1. The van der Waals surface area contributed by atoms with E-state index >= 15 is 0 Å². The van der Waals surface area contributed by atoms with Crippen LogP contribution >= 0.6 is 11.3 Å². The number of nitrogens with two attached hydrogens (primary N) is 1. The summed E-state index contributed by atoms with van der Waals surface area (Å²) in [7, 11) is 0. The number of nitrogens with one attached hydrogen (secondary N) is 1. The van der Waals surface area contributed by atoms with Crippen molar-refractivity contribution >= 4 is 28.6 Å². The van der Waals surface area contributed by atoms with E-state index in [1.54, 1.807) is 6.07 Å². The van der Waals surface area contributed by atoms with Crippen LogP contribution in [-0.4, -0.2) is 15.7 Å². The van der Waals surface area contributed by atoms with E-state index in [2.05, 4.69) is 10.4 Å². The molecule has 0 fully saturated rings. The Hall–Kier alpha value is -3.00.